The van der Waals surface area contributed by atoms with Gasteiger partial charge in [0, 0.05) is 26.6 Å². The molecular formula is C20H17ClO4. The number of hydrogen-bond acceptors (Lipinski definition) is 4. The molecule has 2 atom stereocenters. The van der Waals surface area contributed by atoms with Gasteiger partial charge in [-0.3, -0.25) is 0 Å². The summed E-state index contributed by atoms with van der Waals surface area (Å²) in [5, 5.41) is 4.68. The van der Waals surface area contributed by atoms with Crippen molar-refractivity contribution in [2.24, 2.45) is 0 Å². The largest absolute Gasteiger partial charge is 0.489 e. The van der Waals surface area contributed by atoms with Crippen LogP contribution in [0.3, 0.4) is 0 Å². The molecule has 128 valence electrons. The highest BCUT2D eigenvalue weighted by atomic mass is 35.5. The highest BCUT2D eigenvalue weighted by molar-refractivity contribution is 6.31. The fourth-order valence-corrected chi connectivity index (χ4v) is 3.24. The maximum Gasteiger partial charge on any atom is 0.135 e. The fraction of sp³-hybridized carbons (Fsp3) is 0.300. The van der Waals surface area contributed by atoms with Crippen LogP contribution in [0.2, 0.25) is 5.02 Å². The average Bonchev–Trinajstić information content (AvgIpc) is 3.53. The number of rotatable bonds is 6. The van der Waals surface area contributed by atoms with Crippen LogP contribution in [-0.4, -0.2) is 38.6 Å². The summed E-state index contributed by atoms with van der Waals surface area (Å²) in [5.41, 5.74) is 0. The van der Waals surface area contributed by atoms with E-state index in [9.17, 15) is 0 Å². The molecule has 2 aliphatic heterocycles. The highest BCUT2D eigenvalue weighted by Gasteiger charge is 2.26. The predicted octanol–water partition coefficient (Wildman–Crippen LogP) is 4.20. The molecule has 0 bridgehead atoms. The SMILES string of the molecule is Clc1ccc2c(OCC3CO3)c3ccccc3c(OCC3CO3)c2c1. The lowest BCUT2D eigenvalue weighted by atomic mass is 10.0. The van der Waals surface area contributed by atoms with Crippen molar-refractivity contribution in [1.82, 2.24) is 0 Å². The Morgan fingerprint density at radius 3 is 1.88 bits per heavy atom. The van der Waals surface area contributed by atoms with Crippen LogP contribution in [0.15, 0.2) is 42.5 Å². The zero-order valence-corrected chi connectivity index (χ0v) is 14.3. The molecule has 2 saturated heterocycles. The minimum atomic E-state index is 0.191. The Labute approximate surface area is 150 Å². The average molecular weight is 357 g/mol. The normalized spacial score (nSPS) is 21.5. The van der Waals surface area contributed by atoms with Crippen LogP contribution in [0.25, 0.3) is 21.5 Å². The third kappa shape index (κ3) is 3.01. The number of fused-ring (bicyclic) bond motifs is 2. The maximum absolute atomic E-state index is 6.27. The van der Waals surface area contributed by atoms with E-state index in [1.807, 2.05) is 30.3 Å². The summed E-state index contributed by atoms with van der Waals surface area (Å²) in [4.78, 5) is 0. The van der Waals surface area contributed by atoms with Crippen LogP contribution in [0.5, 0.6) is 11.5 Å². The second-order valence-electron chi connectivity index (χ2n) is 6.43. The van der Waals surface area contributed by atoms with E-state index in [1.165, 1.54) is 0 Å². The molecule has 0 saturated carbocycles. The van der Waals surface area contributed by atoms with E-state index in [0.717, 1.165) is 46.3 Å². The van der Waals surface area contributed by atoms with Crippen molar-refractivity contribution in [1.29, 1.82) is 0 Å². The third-order valence-corrected chi connectivity index (χ3v) is 4.75. The Kier molecular flexibility index (Phi) is 3.70. The molecule has 2 aliphatic rings. The quantitative estimate of drug-likeness (QED) is 0.490. The molecule has 5 heteroatoms. The van der Waals surface area contributed by atoms with Gasteiger partial charge in [0.05, 0.1) is 13.2 Å². The van der Waals surface area contributed by atoms with Crippen molar-refractivity contribution < 1.29 is 18.9 Å². The monoisotopic (exact) mass is 356 g/mol. The van der Waals surface area contributed by atoms with Gasteiger partial charge in [-0.25, -0.2) is 0 Å². The summed E-state index contributed by atoms with van der Waals surface area (Å²) in [6.07, 6.45) is 0.389. The molecule has 0 amide bonds. The van der Waals surface area contributed by atoms with Crippen LogP contribution in [-0.2, 0) is 9.47 Å². The van der Waals surface area contributed by atoms with Crippen LogP contribution < -0.4 is 9.47 Å². The van der Waals surface area contributed by atoms with Gasteiger partial charge in [0.25, 0.3) is 0 Å². The van der Waals surface area contributed by atoms with Crippen molar-refractivity contribution in [3.05, 3.63) is 47.5 Å². The number of hydrogen-bond donors (Lipinski definition) is 0. The van der Waals surface area contributed by atoms with E-state index in [-0.39, 0.29) is 12.2 Å². The minimum Gasteiger partial charge on any atom is -0.489 e. The highest BCUT2D eigenvalue weighted by Crippen LogP contribution is 2.44. The molecular weight excluding hydrogens is 340 g/mol. The standard InChI is InChI=1S/C20H17ClO4/c21-12-5-6-17-18(7-12)20(25-11-14-9-23-14)16-4-2-1-3-15(16)19(17)24-10-13-8-22-13/h1-7,13-14H,8-11H2. The van der Waals surface area contributed by atoms with E-state index < -0.39 is 0 Å². The van der Waals surface area contributed by atoms with Crippen molar-refractivity contribution in [3.63, 3.8) is 0 Å². The molecule has 3 aromatic carbocycles. The first-order valence-electron chi connectivity index (χ1n) is 8.42. The van der Waals surface area contributed by atoms with E-state index in [4.69, 9.17) is 30.5 Å². The molecule has 2 unspecified atom stereocenters. The molecule has 0 N–H and O–H groups in total. The van der Waals surface area contributed by atoms with Gasteiger partial charge in [0.1, 0.15) is 36.9 Å². The van der Waals surface area contributed by atoms with Gasteiger partial charge in [0.15, 0.2) is 0 Å². The lowest BCUT2D eigenvalue weighted by Gasteiger charge is -2.17. The summed E-state index contributed by atoms with van der Waals surface area (Å²) in [6.45, 7) is 2.63. The van der Waals surface area contributed by atoms with E-state index in [2.05, 4.69) is 12.1 Å². The van der Waals surface area contributed by atoms with Crippen LogP contribution >= 0.6 is 11.6 Å². The molecule has 5 rings (SSSR count). The van der Waals surface area contributed by atoms with E-state index in [0.29, 0.717) is 18.2 Å². The fourth-order valence-electron chi connectivity index (χ4n) is 3.06. The van der Waals surface area contributed by atoms with Gasteiger partial charge in [0.2, 0.25) is 0 Å². The molecule has 0 spiro atoms. The molecule has 25 heavy (non-hydrogen) atoms. The molecule has 0 radical (unpaired) electrons. The van der Waals surface area contributed by atoms with Crippen molar-refractivity contribution >= 4 is 33.1 Å². The van der Waals surface area contributed by atoms with Crippen molar-refractivity contribution in [2.75, 3.05) is 26.4 Å². The number of halogens is 1. The molecule has 2 heterocycles. The summed E-state index contributed by atoms with van der Waals surface area (Å²) in [7, 11) is 0. The van der Waals surface area contributed by atoms with Crippen LogP contribution in [0, 0.1) is 0 Å². The van der Waals surface area contributed by atoms with Crippen molar-refractivity contribution in [2.45, 2.75) is 12.2 Å². The lowest BCUT2D eigenvalue weighted by molar-refractivity contribution is 0.264. The third-order valence-electron chi connectivity index (χ3n) is 4.52. The second-order valence-corrected chi connectivity index (χ2v) is 6.86. The van der Waals surface area contributed by atoms with Gasteiger partial charge in [-0.15, -0.1) is 0 Å². The molecule has 0 aliphatic carbocycles. The van der Waals surface area contributed by atoms with Gasteiger partial charge < -0.3 is 18.9 Å². The summed E-state index contributed by atoms with van der Waals surface area (Å²) < 4.78 is 22.8. The summed E-state index contributed by atoms with van der Waals surface area (Å²) in [6, 6.07) is 13.9. The predicted molar refractivity (Wildman–Crippen MR) is 96.9 cm³/mol. The smallest absolute Gasteiger partial charge is 0.135 e. The summed E-state index contributed by atoms with van der Waals surface area (Å²) in [5.74, 6) is 1.69. The Morgan fingerprint density at radius 2 is 1.32 bits per heavy atom. The molecule has 4 nitrogen and oxygen atoms in total. The Balaban J connectivity index is 1.71. The van der Waals surface area contributed by atoms with Crippen LogP contribution in [0.4, 0.5) is 0 Å². The molecule has 2 fully saturated rings. The number of ether oxygens (including phenoxy) is 4. The maximum atomic E-state index is 6.27. The summed E-state index contributed by atoms with van der Waals surface area (Å²) >= 11 is 6.27. The number of epoxide rings is 2. The van der Waals surface area contributed by atoms with E-state index >= 15 is 0 Å². The Morgan fingerprint density at radius 1 is 0.800 bits per heavy atom. The zero-order chi connectivity index (χ0) is 16.8. The van der Waals surface area contributed by atoms with Gasteiger partial charge in [-0.05, 0) is 18.2 Å². The molecule has 0 aromatic heterocycles. The first-order valence-corrected chi connectivity index (χ1v) is 8.80. The number of benzene rings is 3. The Hall–Kier alpha value is -2.01. The minimum absolute atomic E-state index is 0.191. The van der Waals surface area contributed by atoms with Crippen molar-refractivity contribution in [3.8, 4) is 11.5 Å². The van der Waals surface area contributed by atoms with Gasteiger partial charge >= 0.3 is 0 Å². The molecule has 3 aromatic rings. The first-order chi connectivity index (χ1) is 12.3. The lowest BCUT2D eigenvalue weighted by Crippen LogP contribution is -2.07. The van der Waals surface area contributed by atoms with Gasteiger partial charge in [-0.2, -0.15) is 0 Å². The van der Waals surface area contributed by atoms with Gasteiger partial charge in [-0.1, -0.05) is 35.9 Å². The Bertz CT molecular complexity index is 947. The second kappa shape index (κ2) is 6.06. The topological polar surface area (TPSA) is 43.5 Å². The van der Waals surface area contributed by atoms with Crippen LogP contribution in [0.1, 0.15) is 0 Å². The zero-order valence-electron chi connectivity index (χ0n) is 13.5. The van der Waals surface area contributed by atoms with E-state index in [1.54, 1.807) is 0 Å². The first kappa shape index (κ1) is 15.3.